The van der Waals surface area contributed by atoms with E-state index >= 15 is 0 Å². The second-order valence-electron chi connectivity index (χ2n) is 4.89. The van der Waals surface area contributed by atoms with Crippen LogP contribution in [0.1, 0.15) is 12.8 Å². The minimum Gasteiger partial charge on any atom is -0.486 e. The Bertz CT molecular complexity index is 399. The summed E-state index contributed by atoms with van der Waals surface area (Å²) in [5.74, 6) is 1.44. The van der Waals surface area contributed by atoms with Gasteiger partial charge in [0.05, 0.1) is 0 Å². The maximum Gasteiger partial charge on any atom is 0.161 e. The lowest BCUT2D eigenvalue weighted by Crippen LogP contribution is -2.45. The van der Waals surface area contributed by atoms with Crippen molar-refractivity contribution in [1.82, 2.24) is 5.32 Å². The molecule has 0 radical (unpaired) electrons. The summed E-state index contributed by atoms with van der Waals surface area (Å²) >= 11 is 0. The number of hydrogen-bond acceptors (Lipinski definition) is 5. The van der Waals surface area contributed by atoms with Crippen LogP contribution in [-0.4, -0.2) is 50.7 Å². The molecule has 112 valence electrons. The van der Waals surface area contributed by atoms with Crippen LogP contribution in [0, 0.1) is 0 Å². The highest BCUT2D eigenvalue weighted by Crippen LogP contribution is 2.31. The van der Waals surface area contributed by atoms with Gasteiger partial charge < -0.3 is 24.6 Å². The lowest BCUT2D eigenvalue weighted by Gasteiger charge is -2.29. The second-order valence-corrected chi connectivity index (χ2v) is 4.89. The number of rotatable bonds is 8. The van der Waals surface area contributed by atoms with Gasteiger partial charge in [-0.15, -0.1) is 0 Å². The standard InChI is InChI=1S/C15H23NO4/c1-18-9-5-4-8-16-10-12(17)15-11-19-13-6-2-3-7-14(13)20-15/h2-3,6-7,12,15-17H,4-5,8-11H2,1H3. The number of para-hydroxylation sites is 2. The van der Waals surface area contributed by atoms with E-state index in [0.717, 1.165) is 31.7 Å². The van der Waals surface area contributed by atoms with E-state index in [1.807, 2.05) is 24.3 Å². The van der Waals surface area contributed by atoms with Crippen molar-refractivity contribution in [2.24, 2.45) is 0 Å². The summed E-state index contributed by atoms with van der Waals surface area (Å²) < 4.78 is 16.3. The van der Waals surface area contributed by atoms with Crippen LogP contribution >= 0.6 is 0 Å². The van der Waals surface area contributed by atoms with Gasteiger partial charge in [-0.05, 0) is 31.5 Å². The van der Waals surface area contributed by atoms with E-state index in [1.54, 1.807) is 7.11 Å². The maximum absolute atomic E-state index is 10.1. The third-order valence-electron chi connectivity index (χ3n) is 3.27. The van der Waals surface area contributed by atoms with Crippen molar-refractivity contribution in [2.45, 2.75) is 25.0 Å². The Labute approximate surface area is 119 Å². The minimum absolute atomic E-state index is 0.323. The average Bonchev–Trinajstić information content (AvgIpc) is 2.50. The van der Waals surface area contributed by atoms with E-state index in [2.05, 4.69) is 5.32 Å². The van der Waals surface area contributed by atoms with Crippen molar-refractivity contribution in [3.05, 3.63) is 24.3 Å². The number of hydrogen-bond donors (Lipinski definition) is 2. The van der Waals surface area contributed by atoms with Crippen LogP contribution in [-0.2, 0) is 4.74 Å². The quantitative estimate of drug-likeness (QED) is 0.701. The molecule has 0 aromatic heterocycles. The molecule has 2 rings (SSSR count). The van der Waals surface area contributed by atoms with E-state index < -0.39 is 6.10 Å². The molecule has 20 heavy (non-hydrogen) atoms. The Morgan fingerprint density at radius 2 is 2.15 bits per heavy atom. The molecule has 2 N–H and O–H groups in total. The molecule has 5 nitrogen and oxygen atoms in total. The first-order chi connectivity index (χ1) is 9.81. The highest BCUT2D eigenvalue weighted by Gasteiger charge is 2.26. The summed E-state index contributed by atoms with van der Waals surface area (Å²) in [5.41, 5.74) is 0. The summed E-state index contributed by atoms with van der Waals surface area (Å²) in [7, 11) is 1.70. The third kappa shape index (κ3) is 4.37. The highest BCUT2D eigenvalue weighted by atomic mass is 16.6. The van der Waals surface area contributed by atoms with Gasteiger partial charge in [-0.25, -0.2) is 0 Å². The molecule has 0 saturated carbocycles. The lowest BCUT2D eigenvalue weighted by molar-refractivity contribution is -0.00902. The number of methoxy groups -OCH3 is 1. The summed E-state index contributed by atoms with van der Waals surface area (Å²) in [5, 5.41) is 13.3. The summed E-state index contributed by atoms with van der Waals surface area (Å²) in [6, 6.07) is 7.52. The molecule has 0 saturated heterocycles. The smallest absolute Gasteiger partial charge is 0.161 e. The fourth-order valence-electron chi connectivity index (χ4n) is 2.10. The van der Waals surface area contributed by atoms with Crippen LogP contribution in [0.25, 0.3) is 0 Å². The largest absolute Gasteiger partial charge is 0.486 e. The molecule has 2 atom stereocenters. The lowest BCUT2D eigenvalue weighted by atomic mass is 10.2. The number of fused-ring (bicyclic) bond motifs is 1. The molecule has 0 bridgehead atoms. The van der Waals surface area contributed by atoms with Crippen LogP contribution in [0.5, 0.6) is 11.5 Å². The normalized spacial score (nSPS) is 18.8. The van der Waals surface area contributed by atoms with Gasteiger partial charge in [0.25, 0.3) is 0 Å². The maximum atomic E-state index is 10.1. The predicted molar refractivity (Wildman–Crippen MR) is 76.3 cm³/mol. The molecule has 0 fully saturated rings. The van der Waals surface area contributed by atoms with E-state index in [9.17, 15) is 5.11 Å². The van der Waals surface area contributed by atoms with E-state index in [1.165, 1.54) is 0 Å². The number of unbranched alkanes of at least 4 members (excludes halogenated alkanes) is 1. The van der Waals surface area contributed by atoms with Crippen molar-refractivity contribution in [3.8, 4) is 11.5 Å². The summed E-state index contributed by atoms with van der Waals surface area (Å²) in [6.45, 7) is 2.53. The number of aliphatic hydroxyl groups is 1. The van der Waals surface area contributed by atoms with Gasteiger partial charge in [0.1, 0.15) is 12.7 Å². The summed E-state index contributed by atoms with van der Waals surface area (Å²) in [4.78, 5) is 0. The molecule has 1 aliphatic rings. The van der Waals surface area contributed by atoms with Crippen LogP contribution < -0.4 is 14.8 Å². The SMILES string of the molecule is COCCCCNCC(O)C1COc2ccccc2O1. The Hall–Kier alpha value is -1.30. The van der Waals surface area contributed by atoms with E-state index in [-0.39, 0.29) is 6.10 Å². The van der Waals surface area contributed by atoms with Crippen LogP contribution in [0.4, 0.5) is 0 Å². The van der Waals surface area contributed by atoms with Crippen molar-refractivity contribution < 1.29 is 19.3 Å². The zero-order valence-corrected chi connectivity index (χ0v) is 11.9. The number of nitrogens with one attached hydrogen (secondary N) is 1. The highest BCUT2D eigenvalue weighted by molar-refractivity contribution is 5.40. The van der Waals surface area contributed by atoms with Crippen molar-refractivity contribution in [3.63, 3.8) is 0 Å². The topological polar surface area (TPSA) is 60.0 Å². The zero-order chi connectivity index (χ0) is 14.2. The fraction of sp³-hybridized carbons (Fsp3) is 0.600. The molecular weight excluding hydrogens is 258 g/mol. The average molecular weight is 281 g/mol. The van der Waals surface area contributed by atoms with Gasteiger partial charge in [0.2, 0.25) is 0 Å². The number of aliphatic hydroxyl groups excluding tert-OH is 1. The molecule has 0 spiro atoms. The van der Waals surface area contributed by atoms with Crippen LogP contribution in [0.2, 0.25) is 0 Å². The molecular formula is C15H23NO4. The van der Waals surface area contributed by atoms with Crippen molar-refractivity contribution >= 4 is 0 Å². The molecule has 0 aliphatic carbocycles. The summed E-state index contributed by atoms with van der Waals surface area (Å²) in [6.07, 6.45) is 1.16. The third-order valence-corrected chi connectivity index (χ3v) is 3.27. The molecule has 1 aromatic rings. The van der Waals surface area contributed by atoms with Crippen molar-refractivity contribution in [1.29, 1.82) is 0 Å². The van der Waals surface area contributed by atoms with Crippen molar-refractivity contribution in [2.75, 3.05) is 33.4 Å². The molecule has 5 heteroatoms. The van der Waals surface area contributed by atoms with Gasteiger partial charge >= 0.3 is 0 Å². The van der Waals surface area contributed by atoms with Crippen LogP contribution in [0.3, 0.4) is 0 Å². The molecule has 2 unspecified atom stereocenters. The van der Waals surface area contributed by atoms with Gasteiger partial charge in [-0.3, -0.25) is 0 Å². The Morgan fingerprint density at radius 1 is 1.35 bits per heavy atom. The van der Waals surface area contributed by atoms with E-state index in [4.69, 9.17) is 14.2 Å². The minimum atomic E-state index is -0.578. The van der Waals surface area contributed by atoms with Gasteiger partial charge in [-0.1, -0.05) is 12.1 Å². The van der Waals surface area contributed by atoms with Gasteiger partial charge in [-0.2, -0.15) is 0 Å². The van der Waals surface area contributed by atoms with Crippen LogP contribution in [0.15, 0.2) is 24.3 Å². The first-order valence-corrected chi connectivity index (χ1v) is 7.07. The molecule has 0 amide bonds. The van der Waals surface area contributed by atoms with Gasteiger partial charge in [0.15, 0.2) is 17.6 Å². The van der Waals surface area contributed by atoms with E-state index in [0.29, 0.717) is 18.9 Å². The molecule has 1 heterocycles. The predicted octanol–water partition coefficient (Wildman–Crippen LogP) is 1.20. The monoisotopic (exact) mass is 281 g/mol. The Morgan fingerprint density at radius 3 is 2.95 bits per heavy atom. The second kappa shape index (κ2) is 8.09. The molecule has 1 aromatic carbocycles. The zero-order valence-electron chi connectivity index (χ0n) is 11.9. The number of ether oxygens (including phenoxy) is 3. The molecule has 1 aliphatic heterocycles. The van der Waals surface area contributed by atoms with Gasteiger partial charge in [0, 0.05) is 20.3 Å². The first kappa shape index (κ1) is 15.1. The Balaban J connectivity index is 1.68. The fourth-order valence-corrected chi connectivity index (χ4v) is 2.10. The number of benzene rings is 1. The first-order valence-electron chi connectivity index (χ1n) is 7.07. The Kier molecular flexibility index (Phi) is 6.11.